The molecule has 9 rings (SSSR count). The summed E-state index contributed by atoms with van der Waals surface area (Å²) in [5, 5.41) is 7.81. The van der Waals surface area contributed by atoms with Crippen LogP contribution >= 0.6 is 0 Å². The SMILES string of the molecule is CC(C)c1ccc(Oc2ccc(F)cc2C(=O)NC2=CC(=O)CC=C2)cc1.CCCOc1ccc(Oc2ccc(F)cc2C(=O)NC2=CC(=O)CC=C2)cc1.Cc1ccc(Oc2ccc(F)cc2C(=O)NC2=CC(=O)CC=C2)cc1. The van der Waals surface area contributed by atoms with E-state index in [1.807, 2.05) is 50.2 Å². The zero-order valence-corrected chi connectivity index (χ0v) is 44.1. The fraction of sp³-hybridized carbons (Fsp3) is 0.156. The lowest BCUT2D eigenvalue weighted by atomic mass is 10.0. The van der Waals surface area contributed by atoms with Crippen molar-refractivity contribution in [3.63, 3.8) is 0 Å². The smallest absolute Gasteiger partial charge is 0.259 e. The molecule has 408 valence electrons. The van der Waals surface area contributed by atoms with Gasteiger partial charge in [0.1, 0.15) is 57.7 Å². The lowest BCUT2D eigenvalue weighted by Gasteiger charge is -2.14. The third-order valence-electron chi connectivity index (χ3n) is 11.7. The molecule has 0 fully saturated rings. The van der Waals surface area contributed by atoms with Gasteiger partial charge in [-0.15, -0.1) is 0 Å². The molecular weight excluding hydrogens is 1030 g/mol. The molecule has 3 N–H and O–H groups in total. The molecule has 0 saturated heterocycles. The Bertz CT molecular complexity index is 3470. The minimum Gasteiger partial charge on any atom is -0.494 e. The molecule has 0 aromatic heterocycles. The molecule has 0 heterocycles. The Morgan fingerprint density at radius 3 is 1.12 bits per heavy atom. The lowest BCUT2D eigenvalue weighted by Crippen LogP contribution is -2.24. The van der Waals surface area contributed by atoms with Gasteiger partial charge in [0.25, 0.3) is 17.7 Å². The highest BCUT2D eigenvalue weighted by Crippen LogP contribution is 2.31. The fourth-order valence-corrected chi connectivity index (χ4v) is 7.61. The Hall–Kier alpha value is -9.83. The number of ether oxygens (including phenoxy) is 4. The van der Waals surface area contributed by atoms with Crippen LogP contribution in [0.1, 0.15) is 94.6 Å². The van der Waals surface area contributed by atoms with Crippen molar-refractivity contribution in [3.8, 4) is 40.2 Å². The van der Waals surface area contributed by atoms with Gasteiger partial charge < -0.3 is 34.9 Å². The summed E-state index contributed by atoms with van der Waals surface area (Å²) < 4.78 is 63.9. The zero-order chi connectivity index (χ0) is 57.1. The highest BCUT2D eigenvalue weighted by atomic mass is 19.1. The molecule has 3 aliphatic rings. The second-order valence-electron chi connectivity index (χ2n) is 18.5. The second-order valence-corrected chi connectivity index (χ2v) is 18.5. The summed E-state index contributed by atoms with van der Waals surface area (Å²) in [5.41, 5.74) is 3.46. The highest BCUT2D eigenvalue weighted by Gasteiger charge is 2.20. The van der Waals surface area contributed by atoms with Gasteiger partial charge >= 0.3 is 0 Å². The van der Waals surface area contributed by atoms with Crippen LogP contribution in [-0.2, 0) is 14.4 Å². The molecular formula is C64H56F3N3O10. The number of carbonyl (C=O) groups is 6. The first kappa shape index (κ1) is 57.9. The Labute approximate surface area is 460 Å². The maximum atomic E-state index is 13.7. The standard InChI is InChI=1S/C22H20FNO4.C22H20FNO3.C20H16FNO3/c1-2-12-27-18-7-9-19(10-8-18)28-21-11-6-15(23)13-20(21)22(26)24-16-4-3-5-17(25)14-16;1-14(2)15-6-9-19(10-7-15)27-21-11-8-16(23)12-20(21)22(26)24-17-4-3-5-18(25)13-17;1-13-5-8-17(9-6-13)25-19-10-7-14(21)11-18(19)20(24)22-15-3-2-4-16(23)12-15/h3-4,6-11,13-14H,2,5,12H2,1H3,(H,24,26);3-4,6-14H,5H2,1-2H3,(H,24,26);2-3,5-12H,4H2,1H3,(H,22,24). The van der Waals surface area contributed by atoms with E-state index in [9.17, 15) is 41.9 Å². The Kier molecular flexibility index (Phi) is 20.2. The third-order valence-corrected chi connectivity index (χ3v) is 11.7. The molecule has 6 aromatic rings. The van der Waals surface area contributed by atoms with Gasteiger partial charge in [-0.1, -0.05) is 68.8 Å². The molecule has 13 nitrogen and oxygen atoms in total. The molecule has 6 aromatic carbocycles. The number of hydrogen-bond donors (Lipinski definition) is 3. The van der Waals surface area contributed by atoms with Crippen LogP contribution in [0.5, 0.6) is 40.2 Å². The normalized spacial score (nSPS) is 13.3. The van der Waals surface area contributed by atoms with Crippen molar-refractivity contribution < 1.29 is 60.9 Å². The number of amides is 3. The van der Waals surface area contributed by atoms with Crippen molar-refractivity contribution in [2.45, 2.75) is 59.3 Å². The fourth-order valence-electron chi connectivity index (χ4n) is 7.61. The van der Waals surface area contributed by atoms with Crippen LogP contribution in [0.3, 0.4) is 0 Å². The average Bonchev–Trinajstić information content (AvgIpc) is 3.46. The second kappa shape index (κ2) is 28.0. The summed E-state index contributed by atoms with van der Waals surface area (Å²) in [6, 6.07) is 33.0. The summed E-state index contributed by atoms with van der Waals surface area (Å²) >= 11 is 0. The predicted molar refractivity (Wildman–Crippen MR) is 296 cm³/mol. The lowest BCUT2D eigenvalue weighted by molar-refractivity contribution is -0.114. The Morgan fingerprint density at radius 2 is 0.800 bits per heavy atom. The molecule has 3 amide bonds. The van der Waals surface area contributed by atoms with Crippen molar-refractivity contribution >= 4 is 35.1 Å². The van der Waals surface area contributed by atoms with Crippen LogP contribution in [0.4, 0.5) is 13.2 Å². The van der Waals surface area contributed by atoms with Crippen LogP contribution < -0.4 is 34.9 Å². The van der Waals surface area contributed by atoms with Crippen molar-refractivity contribution in [1.82, 2.24) is 16.0 Å². The van der Waals surface area contributed by atoms with E-state index >= 15 is 0 Å². The Balaban J connectivity index is 0.000000174. The summed E-state index contributed by atoms with van der Waals surface area (Å²) in [5.74, 6) is -0.299. The van der Waals surface area contributed by atoms with E-state index in [4.69, 9.17) is 18.9 Å². The van der Waals surface area contributed by atoms with Crippen molar-refractivity contribution in [2.75, 3.05) is 6.61 Å². The minimum atomic E-state index is -0.567. The molecule has 0 radical (unpaired) electrons. The summed E-state index contributed by atoms with van der Waals surface area (Å²) in [6.07, 6.45) is 15.7. The van der Waals surface area contributed by atoms with Crippen LogP contribution in [-0.4, -0.2) is 41.7 Å². The number of nitrogens with one attached hydrogen (secondary N) is 3. The Morgan fingerprint density at radius 1 is 0.475 bits per heavy atom. The summed E-state index contributed by atoms with van der Waals surface area (Å²) in [7, 11) is 0. The molecule has 80 heavy (non-hydrogen) atoms. The van der Waals surface area contributed by atoms with E-state index in [1.165, 1.54) is 60.2 Å². The number of carbonyl (C=O) groups excluding carboxylic acids is 6. The zero-order valence-electron chi connectivity index (χ0n) is 44.1. The monoisotopic (exact) mass is 1080 g/mol. The van der Waals surface area contributed by atoms with Gasteiger partial charge in [0.05, 0.1) is 23.3 Å². The van der Waals surface area contributed by atoms with Crippen molar-refractivity contribution in [3.05, 3.63) is 244 Å². The number of allylic oxidation sites excluding steroid dienone is 9. The number of ketones is 3. The number of hydrogen-bond acceptors (Lipinski definition) is 10. The molecule has 0 aliphatic heterocycles. The first-order chi connectivity index (χ1) is 38.5. The van der Waals surface area contributed by atoms with Crippen LogP contribution in [0.2, 0.25) is 0 Å². The van der Waals surface area contributed by atoms with Crippen LogP contribution in [0, 0.1) is 24.4 Å². The van der Waals surface area contributed by atoms with E-state index < -0.39 is 35.2 Å². The van der Waals surface area contributed by atoms with E-state index in [2.05, 4.69) is 29.8 Å². The molecule has 0 bridgehead atoms. The molecule has 0 spiro atoms. The summed E-state index contributed by atoms with van der Waals surface area (Å²) in [4.78, 5) is 72.0. The van der Waals surface area contributed by atoms with Crippen LogP contribution in [0.15, 0.2) is 199 Å². The maximum Gasteiger partial charge on any atom is 0.259 e. The third kappa shape index (κ3) is 17.3. The van der Waals surface area contributed by atoms with Crippen molar-refractivity contribution in [1.29, 1.82) is 0 Å². The van der Waals surface area contributed by atoms with Gasteiger partial charge in [-0.05, 0) is 146 Å². The van der Waals surface area contributed by atoms with Gasteiger partial charge in [-0.3, -0.25) is 28.8 Å². The van der Waals surface area contributed by atoms with Gasteiger partial charge in [-0.25, -0.2) is 13.2 Å². The number of rotatable bonds is 16. The van der Waals surface area contributed by atoms with E-state index in [1.54, 1.807) is 72.9 Å². The van der Waals surface area contributed by atoms with Gasteiger partial charge in [0, 0.05) is 54.6 Å². The van der Waals surface area contributed by atoms with Gasteiger partial charge in [-0.2, -0.15) is 0 Å². The van der Waals surface area contributed by atoms with E-state index in [-0.39, 0.29) is 51.3 Å². The van der Waals surface area contributed by atoms with Crippen molar-refractivity contribution in [2.24, 2.45) is 0 Å². The van der Waals surface area contributed by atoms with Crippen LogP contribution in [0.25, 0.3) is 0 Å². The largest absolute Gasteiger partial charge is 0.494 e. The number of halogens is 3. The van der Waals surface area contributed by atoms with E-state index in [0.717, 1.165) is 30.2 Å². The first-order valence-corrected chi connectivity index (χ1v) is 25.5. The summed E-state index contributed by atoms with van der Waals surface area (Å²) in [6.45, 7) is 8.78. The molecule has 3 aliphatic carbocycles. The molecule has 16 heteroatoms. The highest BCUT2D eigenvalue weighted by molar-refractivity contribution is 6.02. The first-order valence-electron chi connectivity index (χ1n) is 25.5. The number of aryl methyl sites for hydroxylation is 1. The van der Waals surface area contributed by atoms with Gasteiger partial charge in [0.15, 0.2) is 17.3 Å². The predicted octanol–water partition coefficient (Wildman–Crippen LogP) is 13.5. The molecule has 0 saturated carbocycles. The average molecular weight is 1080 g/mol. The minimum absolute atomic E-state index is 0.0265. The topological polar surface area (TPSA) is 175 Å². The molecule has 0 unspecified atom stereocenters. The quantitative estimate of drug-likeness (QED) is 0.0846. The van der Waals surface area contributed by atoms with E-state index in [0.29, 0.717) is 71.9 Å². The van der Waals surface area contributed by atoms with Gasteiger partial charge in [0.2, 0.25) is 0 Å². The number of benzene rings is 6. The molecule has 0 atom stereocenters. The maximum absolute atomic E-state index is 13.7.